The van der Waals surface area contributed by atoms with Crippen molar-refractivity contribution in [3.8, 4) is 0 Å². The van der Waals surface area contributed by atoms with Crippen LogP contribution in [0.4, 0.5) is 10.5 Å². The summed E-state index contributed by atoms with van der Waals surface area (Å²) in [5.41, 5.74) is 0.666. The van der Waals surface area contributed by atoms with E-state index in [-0.39, 0.29) is 11.4 Å². The Labute approximate surface area is 135 Å². The molecule has 2 amide bonds. The van der Waals surface area contributed by atoms with Gasteiger partial charge in [-0.2, -0.15) is 0 Å². The molecule has 1 saturated carbocycles. The highest BCUT2D eigenvalue weighted by Gasteiger charge is 2.48. The summed E-state index contributed by atoms with van der Waals surface area (Å²) in [6.07, 6.45) is 2.15. The largest absolute Gasteiger partial charge is 0.480 e. The first kappa shape index (κ1) is 14.7. The molecule has 1 aliphatic heterocycles. The quantitative estimate of drug-likeness (QED) is 0.856. The van der Waals surface area contributed by atoms with E-state index in [4.69, 9.17) is 0 Å². The van der Waals surface area contributed by atoms with Gasteiger partial charge in [-0.1, -0.05) is 15.9 Å². The molecule has 21 heavy (non-hydrogen) atoms. The molecule has 1 saturated heterocycles. The van der Waals surface area contributed by atoms with Crippen molar-refractivity contribution in [2.45, 2.75) is 24.3 Å². The van der Waals surface area contributed by atoms with Gasteiger partial charge in [0.05, 0.1) is 5.37 Å². The summed E-state index contributed by atoms with van der Waals surface area (Å²) in [7, 11) is 0. The zero-order chi connectivity index (χ0) is 15.0. The number of urea groups is 1. The van der Waals surface area contributed by atoms with Crippen LogP contribution in [0.3, 0.4) is 0 Å². The fourth-order valence-electron chi connectivity index (χ4n) is 2.44. The van der Waals surface area contributed by atoms with Gasteiger partial charge < -0.3 is 10.4 Å². The second-order valence-corrected chi connectivity index (χ2v) is 7.33. The van der Waals surface area contributed by atoms with Crippen LogP contribution in [0.5, 0.6) is 0 Å². The molecule has 2 N–H and O–H groups in total. The number of amides is 2. The standard InChI is InChI=1S/C14H15BrN2O3S/c15-9-3-5-10(6-4-9)16-14(20)17-11(13(18)19)7-21-12(17)8-1-2-8/h3-6,8,11-12H,1-2,7H2,(H,16,20)(H,18,19). The Bertz CT molecular complexity index is 562. The Kier molecular flexibility index (Phi) is 4.12. The summed E-state index contributed by atoms with van der Waals surface area (Å²) >= 11 is 4.91. The Morgan fingerprint density at radius 2 is 1.95 bits per heavy atom. The topological polar surface area (TPSA) is 69.6 Å². The number of nitrogens with one attached hydrogen (secondary N) is 1. The van der Waals surface area contributed by atoms with Crippen LogP contribution < -0.4 is 5.32 Å². The lowest BCUT2D eigenvalue weighted by atomic mass is 10.2. The number of anilines is 1. The minimum atomic E-state index is -0.934. The number of aliphatic carboxylic acids is 1. The van der Waals surface area contributed by atoms with Crippen molar-refractivity contribution in [1.29, 1.82) is 0 Å². The molecule has 0 spiro atoms. The van der Waals surface area contributed by atoms with E-state index >= 15 is 0 Å². The number of carbonyl (C=O) groups excluding carboxylic acids is 1. The van der Waals surface area contributed by atoms with Gasteiger partial charge in [-0.25, -0.2) is 9.59 Å². The number of carboxylic acids is 1. The van der Waals surface area contributed by atoms with Crippen molar-refractivity contribution in [1.82, 2.24) is 4.90 Å². The fraction of sp³-hybridized carbons (Fsp3) is 0.429. The Balaban J connectivity index is 1.76. The summed E-state index contributed by atoms with van der Waals surface area (Å²) < 4.78 is 0.927. The smallest absolute Gasteiger partial charge is 0.327 e. The number of carbonyl (C=O) groups is 2. The van der Waals surface area contributed by atoms with Crippen LogP contribution in [0.1, 0.15) is 12.8 Å². The van der Waals surface area contributed by atoms with E-state index in [1.54, 1.807) is 23.9 Å². The molecule has 0 radical (unpaired) electrons. The zero-order valence-electron chi connectivity index (χ0n) is 11.2. The van der Waals surface area contributed by atoms with Crippen LogP contribution >= 0.6 is 27.7 Å². The van der Waals surface area contributed by atoms with Gasteiger partial charge in [-0.3, -0.25) is 4.90 Å². The molecule has 1 aromatic carbocycles. The molecule has 7 heteroatoms. The van der Waals surface area contributed by atoms with Crippen molar-refractivity contribution in [3.05, 3.63) is 28.7 Å². The molecule has 2 atom stereocenters. The highest BCUT2D eigenvalue weighted by atomic mass is 79.9. The van der Waals surface area contributed by atoms with Crippen molar-refractivity contribution in [3.63, 3.8) is 0 Å². The Morgan fingerprint density at radius 1 is 1.29 bits per heavy atom. The van der Waals surface area contributed by atoms with Crippen LogP contribution in [-0.2, 0) is 4.79 Å². The number of benzene rings is 1. The van der Waals surface area contributed by atoms with Crippen LogP contribution in [0, 0.1) is 5.92 Å². The average Bonchev–Trinajstić information content (AvgIpc) is 3.19. The highest BCUT2D eigenvalue weighted by Crippen LogP contribution is 2.45. The maximum Gasteiger partial charge on any atom is 0.327 e. The molecule has 0 bridgehead atoms. The molecule has 3 rings (SSSR count). The minimum Gasteiger partial charge on any atom is -0.480 e. The number of rotatable bonds is 3. The summed E-state index contributed by atoms with van der Waals surface area (Å²) in [6.45, 7) is 0. The molecule has 1 heterocycles. The lowest BCUT2D eigenvalue weighted by molar-refractivity contribution is -0.141. The van der Waals surface area contributed by atoms with Gasteiger partial charge in [0, 0.05) is 15.9 Å². The first-order chi connectivity index (χ1) is 10.1. The molecule has 2 unspecified atom stereocenters. The molecule has 5 nitrogen and oxygen atoms in total. The van der Waals surface area contributed by atoms with Gasteiger partial charge in [0.2, 0.25) is 0 Å². The van der Waals surface area contributed by atoms with Crippen molar-refractivity contribution < 1.29 is 14.7 Å². The summed E-state index contributed by atoms with van der Waals surface area (Å²) in [4.78, 5) is 25.4. The van der Waals surface area contributed by atoms with Gasteiger partial charge in [0.25, 0.3) is 0 Å². The van der Waals surface area contributed by atoms with Crippen molar-refractivity contribution in [2.24, 2.45) is 5.92 Å². The second kappa shape index (κ2) is 5.88. The lowest BCUT2D eigenvalue weighted by Crippen LogP contribution is -2.48. The predicted molar refractivity (Wildman–Crippen MR) is 85.4 cm³/mol. The monoisotopic (exact) mass is 370 g/mol. The number of nitrogens with zero attached hydrogens (tertiary/aromatic N) is 1. The number of halogens is 1. The van der Waals surface area contributed by atoms with Gasteiger partial charge in [0.1, 0.15) is 6.04 Å². The van der Waals surface area contributed by atoms with E-state index in [2.05, 4.69) is 21.2 Å². The van der Waals surface area contributed by atoms with Gasteiger partial charge in [-0.15, -0.1) is 11.8 Å². The fourth-order valence-corrected chi connectivity index (χ4v) is 4.34. The van der Waals surface area contributed by atoms with Crippen molar-refractivity contribution in [2.75, 3.05) is 11.1 Å². The maximum absolute atomic E-state index is 12.5. The second-order valence-electron chi connectivity index (χ2n) is 5.26. The third kappa shape index (κ3) is 3.18. The Hall–Kier alpha value is -1.21. The Morgan fingerprint density at radius 3 is 2.52 bits per heavy atom. The van der Waals surface area contributed by atoms with E-state index in [1.807, 2.05) is 12.1 Å². The first-order valence-electron chi connectivity index (χ1n) is 6.75. The lowest BCUT2D eigenvalue weighted by Gasteiger charge is -2.27. The van der Waals surface area contributed by atoms with Crippen LogP contribution in [0.2, 0.25) is 0 Å². The molecule has 112 valence electrons. The van der Waals surface area contributed by atoms with E-state index in [9.17, 15) is 14.7 Å². The molecule has 2 fully saturated rings. The molecule has 1 aliphatic carbocycles. The molecule has 2 aliphatic rings. The third-order valence-corrected chi connectivity index (χ3v) is 5.67. The van der Waals surface area contributed by atoms with Crippen LogP contribution in [-0.4, -0.2) is 39.2 Å². The highest BCUT2D eigenvalue weighted by molar-refractivity contribution is 9.10. The predicted octanol–water partition coefficient (Wildman–Crippen LogP) is 3.22. The van der Waals surface area contributed by atoms with E-state index < -0.39 is 12.0 Å². The SMILES string of the molecule is O=C(O)C1CSC(C2CC2)N1C(=O)Nc1ccc(Br)cc1. The van der Waals surface area contributed by atoms with Crippen LogP contribution in [0.15, 0.2) is 28.7 Å². The minimum absolute atomic E-state index is 0.0125. The number of thioether (sulfide) groups is 1. The van der Waals surface area contributed by atoms with E-state index in [0.29, 0.717) is 17.4 Å². The number of hydrogen-bond acceptors (Lipinski definition) is 3. The number of hydrogen-bond donors (Lipinski definition) is 2. The first-order valence-corrected chi connectivity index (χ1v) is 8.60. The average molecular weight is 371 g/mol. The molecule has 1 aromatic rings. The van der Waals surface area contributed by atoms with E-state index in [1.165, 1.54) is 4.90 Å². The summed E-state index contributed by atoms with van der Waals surface area (Å²) in [5, 5.41) is 12.1. The zero-order valence-corrected chi connectivity index (χ0v) is 13.6. The van der Waals surface area contributed by atoms with E-state index in [0.717, 1.165) is 17.3 Å². The maximum atomic E-state index is 12.5. The molecular formula is C14H15BrN2O3S. The van der Waals surface area contributed by atoms with Gasteiger partial charge >= 0.3 is 12.0 Å². The van der Waals surface area contributed by atoms with Crippen molar-refractivity contribution >= 4 is 45.4 Å². The molecular weight excluding hydrogens is 356 g/mol. The van der Waals surface area contributed by atoms with Crippen LogP contribution in [0.25, 0.3) is 0 Å². The summed E-state index contributed by atoms with van der Waals surface area (Å²) in [5.74, 6) is -0.0313. The normalized spacial score (nSPS) is 24.9. The van der Waals surface area contributed by atoms with Gasteiger partial charge in [0.15, 0.2) is 0 Å². The summed E-state index contributed by atoms with van der Waals surface area (Å²) in [6, 6.07) is 6.17. The third-order valence-electron chi connectivity index (χ3n) is 3.68. The molecule has 0 aromatic heterocycles. The van der Waals surface area contributed by atoms with Gasteiger partial charge in [-0.05, 0) is 43.0 Å². The number of carboxylic acid groups (broad SMARTS) is 1.